The number of hydrogen-bond donors (Lipinski definition) is 0. The van der Waals surface area contributed by atoms with Crippen molar-refractivity contribution < 1.29 is 13.2 Å². The topological polar surface area (TPSA) is 0 Å². The molecule has 0 amide bonds. The Morgan fingerprint density at radius 1 is 1.23 bits per heavy atom. The van der Waals surface area contributed by atoms with Crippen LogP contribution in [0.25, 0.3) is 10.1 Å². The molecule has 1 aromatic heterocycles. The number of halogens is 3. The molecular weight excluding hydrogens is 197 g/mol. The smallest absolute Gasteiger partial charge is 0.166 e. The minimum atomic E-state index is -4.25. The summed E-state index contributed by atoms with van der Waals surface area (Å²) in [6.07, 6.45) is -4.25. The summed E-state index contributed by atoms with van der Waals surface area (Å²) in [6, 6.07) is 5.38. The Kier molecular flexibility index (Phi) is 1.80. The summed E-state index contributed by atoms with van der Waals surface area (Å²) in [5.74, 6) is 0. The van der Waals surface area contributed by atoms with Gasteiger partial charge in [-0.25, -0.2) is 0 Å². The van der Waals surface area contributed by atoms with E-state index in [1.54, 1.807) is 6.07 Å². The first-order valence-corrected chi connectivity index (χ1v) is 4.36. The third-order valence-corrected chi connectivity index (χ3v) is 2.53. The summed E-state index contributed by atoms with van der Waals surface area (Å²) in [6.45, 7) is 0. The first kappa shape index (κ1) is 8.56. The molecule has 0 saturated carbocycles. The monoisotopic (exact) mass is 201 g/mol. The highest BCUT2D eigenvalue weighted by atomic mass is 32.1. The van der Waals surface area contributed by atoms with E-state index in [1.165, 1.54) is 17.4 Å². The molecule has 0 N–H and O–H groups in total. The number of rotatable bonds is 0. The summed E-state index contributed by atoms with van der Waals surface area (Å²) in [5, 5.41) is 3.59. The molecule has 2 rings (SSSR count). The van der Waals surface area contributed by atoms with Crippen LogP contribution in [0.1, 0.15) is 5.56 Å². The van der Waals surface area contributed by atoms with Crippen LogP contribution in [0.3, 0.4) is 0 Å². The molecule has 0 aliphatic carbocycles. The van der Waals surface area contributed by atoms with Gasteiger partial charge in [0.1, 0.15) is 0 Å². The van der Waals surface area contributed by atoms with Gasteiger partial charge in [-0.3, -0.25) is 0 Å². The molecule has 0 nitrogen and oxygen atoms in total. The standard InChI is InChI=1S/C9H4F3S/c10-9(11,12)7-2-1-6-3-4-13-8(6)5-7/h1-3,5H. The number of hydrogen-bond acceptors (Lipinski definition) is 1. The van der Waals surface area contributed by atoms with Crippen LogP contribution in [0.15, 0.2) is 24.3 Å². The Hall–Kier alpha value is -1.03. The summed E-state index contributed by atoms with van der Waals surface area (Å²) in [7, 11) is 0. The van der Waals surface area contributed by atoms with Gasteiger partial charge < -0.3 is 0 Å². The van der Waals surface area contributed by atoms with Crippen molar-refractivity contribution in [1.29, 1.82) is 0 Å². The maximum Gasteiger partial charge on any atom is 0.416 e. The molecule has 0 bridgehead atoms. The van der Waals surface area contributed by atoms with Gasteiger partial charge >= 0.3 is 6.18 Å². The van der Waals surface area contributed by atoms with Gasteiger partial charge in [-0.2, -0.15) is 13.2 Å². The third kappa shape index (κ3) is 1.54. The minimum Gasteiger partial charge on any atom is -0.166 e. The van der Waals surface area contributed by atoms with E-state index in [2.05, 4.69) is 5.38 Å². The van der Waals surface area contributed by atoms with Crippen LogP contribution < -0.4 is 0 Å². The molecule has 0 aliphatic rings. The van der Waals surface area contributed by atoms with Gasteiger partial charge in [-0.1, -0.05) is 6.07 Å². The lowest BCUT2D eigenvalue weighted by Gasteiger charge is -2.05. The lowest BCUT2D eigenvalue weighted by atomic mass is 10.2. The summed E-state index contributed by atoms with van der Waals surface area (Å²) < 4.78 is 37.3. The highest BCUT2D eigenvalue weighted by Gasteiger charge is 2.30. The zero-order valence-electron chi connectivity index (χ0n) is 6.35. The SMILES string of the molecule is FC(F)(F)c1ccc2c[c]sc2c1. The fourth-order valence-corrected chi connectivity index (χ4v) is 1.82. The lowest BCUT2D eigenvalue weighted by Crippen LogP contribution is -2.03. The molecular formula is C9H4F3S. The Labute approximate surface area is 76.6 Å². The summed E-state index contributed by atoms with van der Waals surface area (Å²) in [4.78, 5) is 0. The van der Waals surface area contributed by atoms with Gasteiger partial charge in [-0.15, -0.1) is 11.3 Å². The van der Waals surface area contributed by atoms with Crippen LogP contribution >= 0.6 is 11.3 Å². The normalized spacial score (nSPS) is 12.2. The quantitative estimate of drug-likeness (QED) is 0.609. The second-order valence-corrected chi connectivity index (χ2v) is 3.49. The van der Waals surface area contributed by atoms with Gasteiger partial charge in [0.15, 0.2) is 0 Å². The van der Waals surface area contributed by atoms with Gasteiger partial charge in [0, 0.05) is 10.1 Å². The Balaban J connectivity index is 2.61. The number of benzene rings is 1. The lowest BCUT2D eigenvalue weighted by molar-refractivity contribution is -0.137. The summed E-state index contributed by atoms with van der Waals surface area (Å²) in [5.41, 5.74) is -0.601. The highest BCUT2D eigenvalue weighted by Crippen LogP contribution is 2.32. The molecule has 4 heteroatoms. The average Bonchev–Trinajstić information content (AvgIpc) is 2.47. The molecule has 2 aromatic rings. The van der Waals surface area contributed by atoms with Crippen molar-refractivity contribution in [2.75, 3.05) is 0 Å². The predicted octanol–water partition coefficient (Wildman–Crippen LogP) is 3.72. The first-order valence-electron chi connectivity index (χ1n) is 3.54. The van der Waals surface area contributed by atoms with E-state index in [4.69, 9.17) is 0 Å². The van der Waals surface area contributed by atoms with Crippen molar-refractivity contribution in [2.45, 2.75) is 6.18 Å². The molecule has 0 spiro atoms. The zero-order valence-corrected chi connectivity index (χ0v) is 7.17. The van der Waals surface area contributed by atoms with E-state index in [0.29, 0.717) is 4.70 Å². The molecule has 13 heavy (non-hydrogen) atoms. The Bertz CT molecular complexity index is 428. The Morgan fingerprint density at radius 2 is 2.00 bits per heavy atom. The van der Waals surface area contributed by atoms with Crippen molar-refractivity contribution in [1.82, 2.24) is 0 Å². The first-order chi connectivity index (χ1) is 6.07. The predicted molar refractivity (Wildman–Crippen MR) is 45.7 cm³/mol. The van der Waals surface area contributed by atoms with Crippen molar-refractivity contribution in [3.8, 4) is 0 Å². The van der Waals surface area contributed by atoms with Gasteiger partial charge in [0.2, 0.25) is 0 Å². The van der Waals surface area contributed by atoms with Crippen molar-refractivity contribution in [2.24, 2.45) is 0 Å². The molecule has 1 heterocycles. The summed E-state index contributed by atoms with van der Waals surface area (Å²) >= 11 is 1.19. The fraction of sp³-hybridized carbons (Fsp3) is 0.111. The van der Waals surface area contributed by atoms with Crippen LogP contribution in [-0.4, -0.2) is 0 Å². The molecule has 0 saturated heterocycles. The van der Waals surface area contributed by atoms with Gasteiger partial charge in [0.25, 0.3) is 0 Å². The fourth-order valence-electron chi connectivity index (χ4n) is 1.07. The van der Waals surface area contributed by atoms with Crippen LogP contribution in [-0.2, 0) is 6.18 Å². The third-order valence-electron chi connectivity index (χ3n) is 1.72. The van der Waals surface area contributed by atoms with E-state index in [-0.39, 0.29) is 0 Å². The van der Waals surface area contributed by atoms with Crippen LogP contribution in [0, 0.1) is 5.38 Å². The van der Waals surface area contributed by atoms with E-state index in [0.717, 1.165) is 17.5 Å². The molecule has 1 aromatic carbocycles. The van der Waals surface area contributed by atoms with E-state index in [1.807, 2.05) is 0 Å². The average molecular weight is 201 g/mol. The van der Waals surface area contributed by atoms with Crippen molar-refractivity contribution >= 4 is 21.4 Å². The molecule has 1 radical (unpaired) electrons. The number of thiophene rings is 1. The molecule has 0 atom stereocenters. The largest absolute Gasteiger partial charge is 0.416 e. The van der Waals surface area contributed by atoms with E-state index >= 15 is 0 Å². The van der Waals surface area contributed by atoms with Gasteiger partial charge in [-0.05, 0) is 23.6 Å². The highest BCUT2D eigenvalue weighted by molar-refractivity contribution is 7.16. The van der Waals surface area contributed by atoms with E-state index in [9.17, 15) is 13.2 Å². The zero-order chi connectivity index (χ0) is 9.47. The van der Waals surface area contributed by atoms with Crippen LogP contribution in [0.5, 0.6) is 0 Å². The molecule has 0 aliphatic heterocycles. The van der Waals surface area contributed by atoms with Crippen molar-refractivity contribution in [3.05, 3.63) is 35.2 Å². The Morgan fingerprint density at radius 3 is 2.69 bits per heavy atom. The number of alkyl halides is 3. The van der Waals surface area contributed by atoms with Crippen LogP contribution in [0.2, 0.25) is 0 Å². The molecule has 67 valence electrons. The second kappa shape index (κ2) is 2.73. The number of fused-ring (bicyclic) bond motifs is 1. The van der Waals surface area contributed by atoms with Crippen LogP contribution in [0.4, 0.5) is 13.2 Å². The van der Waals surface area contributed by atoms with E-state index < -0.39 is 11.7 Å². The van der Waals surface area contributed by atoms with Gasteiger partial charge in [0.05, 0.1) is 5.56 Å². The molecule has 0 fully saturated rings. The second-order valence-electron chi connectivity index (χ2n) is 2.61. The maximum absolute atomic E-state index is 12.2. The molecule has 0 unspecified atom stereocenters. The van der Waals surface area contributed by atoms with Crippen molar-refractivity contribution in [3.63, 3.8) is 0 Å². The minimum absolute atomic E-state index is 0.601. The maximum atomic E-state index is 12.2.